The Kier molecular flexibility index (Phi) is 33.3. The first-order valence-corrected chi connectivity index (χ1v) is 24.9. The first-order valence-electron chi connectivity index (χ1n) is 23.4. The van der Waals surface area contributed by atoms with Gasteiger partial charge in [-0.25, -0.2) is 4.57 Å². The van der Waals surface area contributed by atoms with Crippen LogP contribution in [0, 0.1) is 0 Å². The van der Waals surface area contributed by atoms with Gasteiger partial charge in [0.05, 0.1) is 31.3 Å². The molecule has 0 bridgehead atoms. The Morgan fingerprint density at radius 1 is 0.593 bits per heavy atom. The molecule has 0 radical (unpaired) electrons. The molecule has 0 saturated heterocycles. The van der Waals surface area contributed by atoms with Crippen LogP contribution in [0.2, 0.25) is 0 Å². The lowest BCUT2D eigenvalue weighted by molar-refractivity contribution is -0.220. The van der Waals surface area contributed by atoms with Gasteiger partial charge in [0.25, 0.3) is 0 Å². The van der Waals surface area contributed by atoms with Crippen molar-refractivity contribution < 1.29 is 59.0 Å². The molecule has 1 aliphatic rings. The fourth-order valence-electron chi connectivity index (χ4n) is 7.43. The molecular weight excluding hydrogens is 777 g/mol. The average molecular weight is 864 g/mol. The number of carbonyl (C=O) groups is 1. The van der Waals surface area contributed by atoms with Gasteiger partial charge in [-0.3, -0.25) is 13.8 Å². The van der Waals surface area contributed by atoms with E-state index in [1.807, 2.05) is 0 Å². The number of unbranched alkanes of at least 4 members (excludes halogenated alkanes) is 23. The average Bonchev–Trinajstić information content (AvgIpc) is 3.21. The Morgan fingerprint density at radius 3 is 1.49 bits per heavy atom. The number of hydrogen-bond donors (Lipinski definition) is 9. The van der Waals surface area contributed by atoms with Crippen LogP contribution in [0.15, 0.2) is 24.3 Å². The molecule has 8 atom stereocenters. The second-order valence-corrected chi connectivity index (χ2v) is 18.2. The summed E-state index contributed by atoms with van der Waals surface area (Å²) in [4.78, 5) is 23.4. The highest BCUT2D eigenvalue weighted by molar-refractivity contribution is 7.47. The molecule has 0 aromatic carbocycles. The number of rotatable bonds is 38. The third-order valence-corrected chi connectivity index (χ3v) is 12.3. The second-order valence-electron chi connectivity index (χ2n) is 16.8. The first-order chi connectivity index (χ1) is 28.3. The van der Waals surface area contributed by atoms with E-state index in [1.54, 1.807) is 6.08 Å². The van der Waals surface area contributed by atoms with E-state index in [0.29, 0.717) is 12.8 Å². The quantitative estimate of drug-likeness (QED) is 0.0166. The molecule has 9 N–H and O–H groups in total. The number of phosphoric ester groups is 1. The summed E-state index contributed by atoms with van der Waals surface area (Å²) in [6.07, 6.45) is 24.1. The molecule has 0 aliphatic heterocycles. The van der Waals surface area contributed by atoms with Crippen molar-refractivity contribution in [3.8, 4) is 0 Å². The number of allylic oxidation sites excluding steroid dienone is 3. The van der Waals surface area contributed by atoms with Crippen LogP contribution in [0.4, 0.5) is 0 Å². The van der Waals surface area contributed by atoms with Gasteiger partial charge < -0.3 is 46.0 Å². The van der Waals surface area contributed by atoms with E-state index >= 15 is 0 Å². The van der Waals surface area contributed by atoms with E-state index in [2.05, 4.69) is 31.3 Å². The van der Waals surface area contributed by atoms with E-state index in [0.717, 1.165) is 44.9 Å². The summed E-state index contributed by atoms with van der Waals surface area (Å²) >= 11 is 0. The van der Waals surface area contributed by atoms with Crippen molar-refractivity contribution in [2.75, 3.05) is 6.61 Å². The maximum Gasteiger partial charge on any atom is 0.472 e. The monoisotopic (exact) mass is 864 g/mol. The largest absolute Gasteiger partial charge is 0.472 e. The third-order valence-electron chi connectivity index (χ3n) is 11.3. The van der Waals surface area contributed by atoms with Gasteiger partial charge in [0.1, 0.15) is 36.6 Å². The predicted molar refractivity (Wildman–Crippen MR) is 234 cm³/mol. The van der Waals surface area contributed by atoms with Crippen molar-refractivity contribution in [3.63, 3.8) is 0 Å². The number of carbonyl (C=O) groups excluding carboxylic acids is 1. The first kappa shape index (κ1) is 55.8. The van der Waals surface area contributed by atoms with Crippen LogP contribution in [0.1, 0.15) is 194 Å². The highest BCUT2D eigenvalue weighted by atomic mass is 31.2. The molecule has 1 saturated carbocycles. The molecule has 0 spiro atoms. The molecule has 1 fully saturated rings. The van der Waals surface area contributed by atoms with E-state index in [-0.39, 0.29) is 6.42 Å². The molecule has 8 unspecified atom stereocenters. The van der Waals surface area contributed by atoms with Crippen LogP contribution >= 0.6 is 7.82 Å². The molecule has 0 aromatic heterocycles. The Morgan fingerprint density at radius 2 is 1.00 bits per heavy atom. The lowest BCUT2D eigenvalue weighted by Gasteiger charge is -2.41. The number of aliphatic hydroxyl groups is 7. The zero-order valence-electron chi connectivity index (χ0n) is 36.7. The SMILES string of the molecule is CCCCCCCCCCCCC/C=C/CC/C=C/C(O)C(COP(=O)(O)OC1C(O)C(O)C(O)C(O)C1O)NC(=O)CC(O)CCCCCCCCCCCCCC. The van der Waals surface area contributed by atoms with Crippen LogP contribution in [-0.4, -0.2) is 108 Å². The van der Waals surface area contributed by atoms with Crippen LogP contribution in [0.25, 0.3) is 0 Å². The van der Waals surface area contributed by atoms with Crippen LogP contribution in [-0.2, 0) is 18.4 Å². The number of nitrogens with one attached hydrogen (secondary N) is 1. The van der Waals surface area contributed by atoms with Gasteiger partial charge in [-0.1, -0.05) is 179 Å². The number of aliphatic hydroxyl groups excluding tert-OH is 7. The van der Waals surface area contributed by atoms with Crippen molar-refractivity contribution >= 4 is 13.7 Å². The highest BCUT2D eigenvalue weighted by Crippen LogP contribution is 2.47. The molecule has 348 valence electrons. The van der Waals surface area contributed by atoms with E-state index in [1.165, 1.54) is 122 Å². The van der Waals surface area contributed by atoms with Gasteiger partial charge in [-0.15, -0.1) is 0 Å². The normalized spacial score (nSPS) is 23.8. The molecular formula is C45H86NO12P. The van der Waals surface area contributed by atoms with Gasteiger partial charge in [-0.05, 0) is 32.1 Å². The lowest BCUT2D eigenvalue weighted by atomic mass is 9.85. The van der Waals surface area contributed by atoms with Crippen molar-refractivity contribution in [3.05, 3.63) is 24.3 Å². The van der Waals surface area contributed by atoms with Crippen LogP contribution in [0.3, 0.4) is 0 Å². The summed E-state index contributed by atoms with van der Waals surface area (Å²) < 4.78 is 22.8. The maximum atomic E-state index is 13.0. The Hall–Kier alpha value is -1.22. The molecule has 1 rings (SSSR count). The van der Waals surface area contributed by atoms with Crippen LogP contribution < -0.4 is 5.32 Å². The fraction of sp³-hybridized carbons (Fsp3) is 0.889. The van der Waals surface area contributed by atoms with Gasteiger partial charge in [0.15, 0.2) is 0 Å². The topological polar surface area (TPSA) is 226 Å². The van der Waals surface area contributed by atoms with Crippen molar-refractivity contribution in [1.82, 2.24) is 5.32 Å². The third kappa shape index (κ3) is 27.5. The van der Waals surface area contributed by atoms with Gasteiger partial charge in [-0.2, -0.15) is 0 Å². The number of amides is 1. The summed E-state index contributed by atoms with van der Waals surface area (Å²) in [5, 5.41) is 74.4. The molecule has 0 aromatic rings. The maximum absolute atomic E-state index is 13.0. The van der Waals surface area contributed by atoms with E-state index in [9.17, 15) is 50.0 Å². The Balaban J connectivity index is 2.58. The minimum Gasteiger partial charge on any atom is -0.393 e. The molecule has 59 heavy (non-hydrogen) atoms. The zero-order valence-corrected chi connectivity index (χ0v) is 37.6. The van der Waals surface area contributed by atoms with Gasteiger partial charge in [0, 0.05) is 0 Å². The smallest absolute Gasteiger partial charge is 0.393 e. The molecule has 1 aliphatic carbocycles. The number of hydrogen-bond acceptors (Lipinski definition) is 11. The summed E-state index contributed by atoms with van der Waals surface area (Å²) in [6, 6.07) is -1.25. The zero-order chi connectivity index (χ0) is 43.7. The number of phosphoric acid groups is 1. The summed E-state index contributed by atoms with van der Waals surface area (Å²) in [5.74, 6) is -0.602. The minimum absolute atomic E-state index is 0.249. The standard InChI is InChI=1S/C45H86NO12P/c1-3-5-7-9-11-13-15-17-18-19-20-21-23-25-27-29-31-33-38(48)37(35-57-59(55,56)58-45-43(53)41(51)40(50)42(52)44(45)54)46-39(49)34-36(47)32-30-28-26-24-22-16-14-12-10-8-6-4-2/h23,25,31,33,36-38,40-45,47-48,50-54H,3-22,24,26-30,32,34-35H2,1-2H3,(H,46,49)(H,55,56)/b25-23+,33-31+. The summed E-state index contributed by atoms with van der Waals surface area (Å²) in [5.41, 5.74) is 0. The van der Waals surface area contributed by atoms with E-state index < -0.39 is 75.2 Å². The molecule has 1 amide bonds. The molecule has 0 heterocycles. The Labute approximate surface area is 356 Å². The fourth-order valence-corrected chi connectivity index (χ4v) is 8.40. The second kappa shape index (κ2) is 35.3. The predicted octanol–water partition coefficient (Wildman–Crippen LogP) is 7.59. The highest BCUT2D eigenvalue weighted by Gasteiger charge is 2.51. The summed E-state index contributed by atoms with van der Waals surface area (Å²) in [7, 11) is -5.14. The van der Waals surface area contributed by atoms with Crippen molar-refractivity contribution in [2.45, 2.75) is 249 Å². The van der Waals surface area contributed by atoms with E-state index in [4.69, 9.17) is 9.05 Å². The molecule has 14 heteroatoms. The van der Waals surface area contributed by atoms with Gasteiger partial charge >= 0.3 is 7.82 Å². The van der Waals surface area contributed by atoms with Gasteiger partial charge in [0.2, 0.25) is 5.91 Å². The van der Waals surface area contributed by atoms with Crippen molar-refractivity contribution in [1.29, 1.82) is 0 Å². The summed E-state index contributed by atoms with van der Waals surface area (Å²) in [6.45, 7) is 3.72. The minimum atomic E-state index is -5.14. The Bertz CT molecular complexity index is 1110. The van der Waals surface area contributed by atoms with Crippen LogP contribution in [0.5, 0.6) is 0 Å². The lowest BCUT2D eigenvalue weighted by Crippen LogP contribution is -2.64. The van der Waals surface area contributed by atoms with Crippen molar-refractivity contribution in [2.24, 2.45) is 0 Å². The molecule has 13 nitrogen and oxygen atoms in total.